The quantitative estimate of drug-likeness (QED) is 0.151. The summed E-state index contributed by atoms with van der Waals surface area (Å²) in [6, 6.07) is 21.2. The maximum absolute atomic E-state index is 4.89. The Hall–Kier alpha value is -2.48. The summed E-state index contributed by atoms with van der Waals surface area (Å²) in [6.45, 7) is 13.4. The van der Waals surface area contributed by atoms with Crippen molar-refractivity contribution in [2.75, 3.05) is 0 Å². The fourth-order valence-corrected chi connectivity index (χ4v) is 5.10. The Morgan fingerprint density at radius 1 is 0.938 bits per heavy atom. The second-order valence-electron chi connectivity index (χ2n) is 10.1. The van der Waals surface area contributed by atoms with Crippen molar-refractivity contribution in [2.45, 2.75) is 48.0 Å². The zero-order chi connectivity index (χ0) is 21.9. The van der Waals surface area contributed by atoms with Crippen LogP contribution in [0.4, 0.5) is 0 Å². The maximum Gasteiger partial charge on any atom is 0.0639 e. The minimum atomic E-state index is 0. The van der Waals surface area contributed by atoms with Crippen molar-refractivity contribution in [3.8, 4) is 11.3 Å². The van der Waals surface area contributed by atoms with Gasteiger partial charge in [0.1, 0.15) is 0 Å². The summed E-state index contributed by atoms with van der Waals surface area (Å²) >= 11 is 0. The molecule has 3 aromatic carbocycles. The van der Waals surface area contributed by atoms with Crippen molar-refractivity contribution in [3.63, 3.8) is 0 Å². The van der Waals surface area contributed by atoms with Gasteiger partial charge >= 0.3 is 0 Å². The second-order valence-corrected chi connectivity index (χ2v) is 10.1. The molecule has 0 aliphatic heterocycles. The minimum Gasteiger partial charge on any atom is -0.333 e. The second kappa shape index (κ2) is 8.14. The molecule has 0 spiro atoms. The van der Waals surface area contributed by atoms with Crippen molar-refractivity contribution < 1.29 is 20.1 Å². The zero-order valence-corrected chi connectivity index (χ0v) is 22.0. The summed E-state index contributed by atoms with van der Waals surface area (Å²) in [6.07, 6.45) is 3.08. The molecule has 2 heterocycles. The van der Waals surface area contributed by atoms with Crippen molar-refractivity contribution in [1.82, 2.24) is 9.38 Å². The molecule has 0 fully saturated rings. The van der Waals surface area contributed by atoms with Gasteiger partial charge in [0.25, 0.3) is 0 Å². The topological polar surface area (TPSA) is 17.3 Å². The van der Waals surface area contributed by atoms with Gasteiger partial charge in [-0.25, -0.2) is 0 Å². The Balaban J connectivity index is 0.00000245. The van der Waals surface area contributed by atoms with Crippen LogP contribution in [0.1, 0.15) is 43.0 Å². The van der Waals surface area contributed by atoms with Gasteiger partial charge in [-0.3, -0.25) is 4.98 Å². The molecule has 0 bridgehead atoms. The molecule has 0 atom stereocenters. The van der Waals surface area contributed by atoms with Crippen LogP contribution < -0.4 is 0 Å². The molecule has 2 aromatic heterocycles. The first kappa shape index (κ1) is 22.7. The predicted molar refractivity (Wildman–Crippen MR) is 132 cm³/mol. The molecular formula is C29H29IrN2-. The van der Waals surface area contributed by atoms with Gasteiger partial charge in [-0.15, -0.1) is 29.7 Å². The maximum atomic E-state index is 4.89. The number of hydrogen-bond acceptors (Lipinski definition) is 1. The monoisotopic (exact) mass is 598 g/mol. The number of imidazole rings is 1. The number of pyridine rings is 1. The summed E-state index contributed by atoms with van der Waals surface area (Å²) in [4.78, 5) is 4.89. The molecule has 2 nitrogen and oxygen atoms in total. The molecule has 5 aromatic rings. The number of aryl methyl sites for hydroxylation is 3. The van der Waals surface area contributed by atoms with Crippen molar-refractivity contribution in [1.29, 1.82) is 0 Å². The summed E-state index contributed by atoms with van der Waals surface area (Å²) in [5, 5.41) is 3.56. The molecule has 165 valence electrons. The first-order valence-corrected chi connectivity index (χ1v) is 11.0. The molecule has 1 radical (unpaired) electrons. The van der Waals surface area contributed by atoms with Crippen LogP contribution in [0.15, 0.2) is 54.7 Å². The van der Waals surface area contributed by atoms with Gasteiger partial charge in [0.15, 0.2) is 0 Å². The van der Waals surface area contributed by atoms with Crippen LogP contribution >= 0.6 is 0 Å². The molecule has 0 saturated heterocycles. The van der Waals surface area contributed by atoms with E-state index in [0.717, 1.165) is 23.1 Å². The molecule has 0 aliphatic rings. The Labute approximate surface area is 204 Å². The van der Waals surface area contributed by atoms with Gasteiger partial charge in [-0.05, 0) is 60.7 Å². The first-order chi connectivity index (χ1) is 14.7. The van der Waals surface area contributed by atoms with Crippen LogP contribution in [0.5, 0.6) is 0 Å². The van der Waals surface area contributed by atoms with Gasteiger partial charge < -0.3 is 4.40 Å². The molecule has 0 aliphatic carbocycles. The predicted octanol–water partition coefficient (Wildman–Crippen LogP) is 7.62. The van der Waals surface area contributed by atoms with Crippen LogP contribution in [-0.2, 0) is 26.5 Å². The van der Waals surface area contributed by atoms with Gasteiger partial charge in [0.05, 0.1) is 11.3 Å². The minimum absolute atomic E-state index is 0. The molecule has 0 unspecified atom stereocenters. The number of rotatable bonds is 2. The van der Waals surface area contributed by atoms with E-state index in [1.165, 1.54) is 44.1 Å². The SMILES string of the molecule is Cc1cc(C)c(-c2cnc3c4[c-]cccc4c4cc(CC(C)(C)C)ccc4n23)c(C)c1.[Ir]. The number of hydrogen-bond donors (Lipinski definition) is 0. The number of fused-ring (bicyclic) bond motifs is 6. The summed E-state index contributed by atoms with van der Waals surface area (Å²) in [5.41, 5.74) is 10.1. The van der Waals surface area contributed by atoms with E-state index in [9.17, 15) is 0 Å². The molecule has 32 heavy (non-hydrogen) atoms. The van der Waals surface area contributed by atoms with Crippen LogP contribution in [0.25, 0.3) is 38.6 Å². The Morgan fingerprint density at radius 3 is 2.34 bits per heavy atom. The Kier molecular flexibility index (Phi) is 5.77. The first-order valence-electron chi connectivity index (χ1n) is 11.0. The fourth-order valence-electron chi connectivity index (χ4n) is 5.10. The van der Waals surface area contributed by atoms with Crippen molar-refractivity contribution in [2.24, 2.45) is 5.41 Å². The van der Waals surface area contributed by atoms with Crippen LogP contribution in [0, 0.1) is 32.3 Å². The van der Waals surface area contributed by atoms with E-state index in [0.29, 0.717) is 0 Å². The molecule has 0 amide bonds. The Bertz CT molecular complexity index is 1450. The number of benzene rings is 3. The van der Waals surface area contributed by atoms with Crippen molar-refractivity contribution in [3.05, 3.63) is 83.0 Å². The van der Waals surface area contributed by atoms with E-state index >= 15 is 0 Å². The van der Waals surface area contributed by atoms with Crippen molar-refractivity contribution >= 4 is 27.3 Å². The van der Waals surface area contributed by atoms with Gasteiger partial charge in [0.2, 0.25) is 0 Å². The third-order valence-corrected chi connectivity index (χ3v) is 6.10. The van der Waals surface area contributed by atoms with E-state index in [1.54, 1.807) is 0 Å². The number of nitrogens with zero attached hydrogens (tertiary/aromatic N) is 2. The smallest absolute Gasteiger partial charge is 0.0639 e. The van der Waals surface area contributed by atoms with Crippen LogP contribution in [0.3, 0.4) is 0 Å². The molecule has 0 N–H and O–H groups in total. The molecular weight excluding hydrogens is 569 g/mol. The average molecular weight is 598 g/mol. The van der Waals surface area contributed by atoms with E-state index in [-0.39, 0.29) is 25.5 Å². The molecule has 3 heteroatoms. The standard InChI is InChI=1S/C29H29N2.Ir/c1-18-13-19(2)27(20(3)14-18)26-17-30-28-23-10-8-7-9-22(23)24-15-21(16-29(4,5)6)11-12-25(24)31(26)28;/h7-9,11-15,17H,16H2,1-6H3;/q-1;. The fraction of sp³-hybridized carbons (Fsp3) is 0.276. The zero-order valence-electron chi connectivity index (χ0n) is 19.6. The third-order valence-electron chi connectivity index (χ3n) is 6.10. The third kappa shape index (κ3) is 3.78. The number of aromatic nitrogens is 2. The molecule has 5 rings (SSSR count). The van der Waals surface area contributed by atoms with Gasteiger partial charge in [-0.1, -0.05) is 56.0 Å². The molecule has 0 saturated carbocycles. The van der Waals surface area contributed by atoms with Gasteiger partial charge in [0, 0.05) is 37.4 Å². The average Bonchev–Trinajstić information content (AvgIpc) is 3.11. The summed E-state index contributed by atoms with van der Waals surface area (Å²) in [7, 11) is 0. The Morgan fingerprint density at radius 2 is 1.66 bits per heavy atom. The summed E-state index contributed by atoms with van der Waals surface area (Å²) in [5.74, 6) is 0. The largest absolute Gasteiger partial charge is 0.333 e. The van der Waals surface area contributed by atoms with Crippen LogP contribution in [0.2, 0.25) is 0 Å². The summed E-state index contributed by atoms with van der Waals surface area (Å²) < 4.78 is 2.33. The van der Waals surface area contributed by atoms with Gasteiger partial charge in [-0.2, -0.15) is 0 Å². The normalized spacial score (nSPS) is 11.9. The van der Waals surface area contributed by atoms with E-state index < -0.39 is 0 Å². The van der Waals surface area contributed by atoms with E-state index in [1.807, 2.05) is 12.3 Å². The van der Waals surface area contributed by atoms with E-state index in [2.05, 4.69) is 94.5 Å². The van der Waals surface area contributed by atoms with E-state index in [4.69, 9.17) is 4.98 Å². The van der Waals surface area contributed by atoms with Crippen LogP contribution in [-0.4, -0.2) is 9.38 Å².